The molecule has 1 aromatic carbocycles. The number of hydrogen-bond donors (Lipinski definition) is 2. The van der Waals surface area contributed by atoms with Crippen molar-refractivity contribution in [2.45, 2.75) is 61.4 Å². The van der Waals surface area contributed by atoms with Gasteiger partial charge in [0.15, 0.2) is 0 Å². The maximum atomic E-state index is 13.4. The number of fused-ring (bicyclic) bond motifs is 3. The highest BCUT2D eigenvalue weighted by molar-refractivity contribution is 8.01. The second-order valence-electron chi connectivity index (χ2n) is 8.40. The molecule has 2 fully saturated rings. The zero-order valence-corrected chi connectivity index (χ0v) is 18.6. The van der Waals surface area contributed by atoms with E-state index in [1.807, 2.05) is 44.4 Å². The Kier molecular flexibility index (Phi) is 5.59. The molecule has 0 unspecified atom stereocenters. The van der Waals surface area contributed by atoms with Gasteiger partial charge in [-0.2, -0.15) is 11.8 Å². The molecule has 3 aliphatic rings. The Labute approximate surface area is 179 Å². The van der Waals surface area contributed by atoms with E-state index in [1.54, 1.807) is 28.4 Å². The van der Waals surface area contributed by atoms with Crippen molar-refractivity contribution in [3.63, 3.8) is 0 Å². The van der Waals surface area contributed by atoms with Crippen LogP contribution in [0.15, 0.2) is 24.3 Å². The molecule has 1 aliphatic carbocycles. The minimum Gasteiger partial charge on any atom is -0.352 e. The van der Waals surface area contributed by atoms with E-state index >= 15 is 0 Å². The molecule has 1 saturated carbocycles. The molecule has 6 nitrogen and oxygen atoms in total. The molecule has 8 heteroatoms. The Balaban J connectivity index is 1.54. The number of hydrogen-bond acceptors (Lipinski definition) is 5. The van der Waals surface area contributed by atoms with Crippen LogP contribution in [0, 0.1) is 0 Å². The number of nitrogens with zero attached hydrogens (tertiary/aromatic N) is 1. The van der Waals surface area contributed by atoms with Crippen molar-refractivity contribution in [3.8, 4) is 0 Å². The van der Waals surface area contributed by atoms with E-state index in [9.17, 15) is 14.4 Å². The number of carbonyl (C=O) groups excluding carboxylic acids is 3. The Hall–Kier alpha value is -1.67. The Morgan fingerprint density at radius 1 is 1.31 bits per heavy atom. The smallest absolute Gasteiger partial charge is 0.256 e. The number of nitrogens with one attached hydrogen (secondary N) is 2. The van der Waals surface area contributed by atoms with Gasteiger partial charge in [-0.25, -0.2) is 0 Å². The van der Waals surface area contributed by atoms with Crippen LogP contribution >= 0.6 is 23.5 Å². The second kappa shape index (κ2) is 7.87. The van der Waals surface area contributed by atoms with Crippen LogP contribution < -0.4 is 10.6 Å². The van der Waals surface area contributed by atoms with E-state index in [2.05, 4.69) is 10.6 Å². The first-order valence-electron chi connectivity index (χ1n) is 10.0. The van der Waals surface area contributed by atoms with E-state index in [0.717, 1.165) is 24.2 Å². The molecule has 3 amide bonds. The summed E-state index contributed by atoms with van der Waals surface area (Å²) < 4.78 is -0.449. The van der Waals surface area contributed by atoms with Crippen molar-refractivity contribution < 1.29 is 14.4 Å². The highest BCUT2D eigenvalue weighted by Crippen LogP contribution is 2.56. The molecule has 0 spiro atoms. The standard InChI is InChI=1S/C21H27N3O3S2/c1-21(2)16(24-19(27)13-6-4-5-7-14(13)20(24)29-21)18(26)23-15(10-11-28-3)17(25)22-12-8-9-12/h4-7,12,15-16,20H,8-11H2,1-3H3,(H,22,25)(H,23,26)/t15-,16+,20-/m0/s1. The number of carbonyl (C=O) groups is 3. The molecule has 0 aromatic heterocycles. The van der Waals surface area contributed by atoms with Gasteiger partial charge in [-0.3, -0.25) is 14.4 Å². The summed E-state index contributed by atoms with van der Waals surface area (Å²) in [5.41, 5.74) is 1.64. The topological polar surface area (TPSA) is 78.5 Å². The van der Waals surface area contributed by atoms with E-state index < -0.39 is 16.8 Å². The third kappa shape index (κ3) is 3.89. The van der Waals surface area contributed by atoms with Gasteiger partial charge in [0.2, 0.25) is 11.8 Å². The molecule has 156 valence electrons. The molecule has 0 bridgehead atoms. The SMILES string of the molecule is CSCC[C@H](NC(=O)[C@H]1N2C(=O)c3ccccc3[C@@H]2SC1(C)C)C(=O)NC1CC1. The van der Waals surface area contributed by atoms with Crippen molar-refractivity contribution in [2.24, 2.45) is 0 Å². The second-order valence-corrected chi connectivity index (χ2v) is 11.1. The van der Waals surface area contributed by atoms with Gasteiger partial charge in [-0.05, 0) is 56.7 Å². The van der Waals surface area contributed by atoms with E-state index in [1.165, 1.54) is 0 Å². The first-order chi connectivity index (χ1) is 13.8. The molecule has 29 heavy (non-hydrogen) atoms. The summed E-state index contributed by atoms with van der Waals surface area (Å²) in [5, 5.41) is 5.81. The highest BCUT2D eigenvalue weighted by atomic mass is 32.2. The van der Waals surface area contributed by atoms with Crippen LogP contribution in [0.4, 0.5) is 0 Å². The highest BCUT2D eigenvalue weighted by Gasteiger charge is 2.57. The maximum Gasteiger partial charge on any atom is 0.256 e. The average molecular weight is 434 g/mol. The fourth-order valence-corrected chi connectivity index (χ4v) is 6.15. The summed E-state index contributed by atoms with van der Waals surface area (Å²) >= 11 is 3.28. The molecule has 3 atom stereocenters. The van der Waals surface area contributed by atoms with Gasteiger partial charge in [-0.1, -0.05) is 18.2 Å². The van der Waals surface area contributed by atoms with Crippen LogP contribution in [0.5, 0.6) is 0 Å². The molecule has 4 rings (SSSR count). The molecule has 2 aliphatic heterocycles. The van der Waals surface area contributed by atoms with E-state index in [4.69, 9.17) is 0 Å². The monoisotopic (exact) mass is 433 g/mol. The van der Waals surface area contributed by atoms with Gasteiger partial charge in [-0.15, -0.1) is 11.8 Å². The van der Waals surface area contributed by atoms with Crippen LogP contribution in [0.25, 0.3) is 0 Å². The Bertz CT molecular complexity index is 840. The lowest BCUT2D eigenvalue weighted by Gasteiger charge is -2.31. The van der Waals surface area contributed by atoms with E-state index in [-0.39, 0.29) is 29.1 Å². The number of thioether (sulfide) groups is 2. The molecule has 1 saturated heterocycles. The zero-order chi connectivity index (χ0) is 20.8. The lowest BCUT2D eigenvalue weighted by molar-refractivity contribution is -0.132. The molecule has 2 heterocycles. The normalized spacial score (nSPS) is 25.3. The fourth-order valence-electron chi connectivity index (χ4n) is 4.09. The van der Waals surface area contributed by atoms with Gasteiger partial charge >= 0.3 is 0 Å². The quantitative estimate of drug-likeness (QED) is 0.691. The van der Waals surface area contributed by atoms with E-state index in [0.29, 0.717) is 12.0 Å². The third-order valence-electron chi connectivity index (χ3n) is 5.71. The molecule has 1 aromatic rings. The number of amides is 3. The van der Waals surface area contributed by atoms with Crippen molar-refractivity contribution in [1.82, 2.24) is 15.5 Å². The number of benzene rings is 1. The van der Waals surface area contributed by atoms with Crippen molar-refractivity contribution in [2.75, 3.05) is 12.0 Å². The summed E-state index contributed by atoms with van der Waals surface area (Å²) in [6.07, 6.45) is 4.56. The molecular formula is C21H27N3O3S2. The molecular weight excluding hydrogens is 406 g/mol. The first-order valence-corrected chi connectivity index (χ1v) is 12.3. The summed E-state index contributed by atoms with van der Waals surface area (Å²) in [7, 11) is 0. The largest absolute Gasteiger partial charge is 0.352 e. The van der Waals surface area contributed by atoms with Gasteiger partial charge in [0.05, 0.1) is 0 Å². The van der Waals surface area contributed by atoms with Crippen molar-refractivity contribution in [1.29, 1.82) is 0 Å². The fraction of sp³-hybridized carbons (Fsp3) is 0.571. The van der Waals surface area contributed by atoms with Crippen LogP contribution in [0.3, 0.4) is 0 Å². The van der Waals surface area contributed by atoms with Crippen LogP contribution in [-0.4, -0.2) is 57.5 Å². The molecule has 0 radical (unpaired) electrons. The van der Waals surface area contributed by atoms with Crippen LogP contribution in [0.2, 0.25) is 0 Å². The lowest BCUT2D eigenvalue weighted by atomic mass is 10.00. The predicted molar refractivity (Wildman–Crippen MR) is 117 cm³/mol. The summed E-state index contributed by atoms with van der Waals surface area (Å²) in [6.45, 7) is 3.99. The Morgan fingerprint density at radius 3 is 2.72 bits per heavy atom. The lowest BCUT2D eigenvalue weighted by Crippen LogP contribution is -2.57. The van der Waals surface area contributed by atoms with Gasteiger partial charge in [0.25, 0.3) is 5.91 Å². The van der Waals surface area contributed by atoms with Crippen molar-refractivity contribution in [3.05, 3.63) is 35.4 Å². The average Bonchev–Trinajstić information content (AvgIpc) is 3.40. The number of rotatable bonds is 7. The van der Waals surface area contributed by atoms with Crippen LogP contribution in [0.1, 0.15) is 54.4 Å². The minimum absolute atomic E-state index is 0.105. The van der Waals surface area contributed by atoms with Gasteiger partial charge in [0, 0.05) is 16.4 Å². The predicted octanol–water partition coefficient (Wildman–Crippen LogP) is 2.55. The maximum absolute atomic E-state index is 13.4. The summed E-state index contributed by atoms with van der Waals surface area (Å²) in [6, 6.07) is 6.61. The zero-order valence-electron chi connectivity index (χ0n) is 16.9. The first kappa shape index (κ1) is 20.6. The van der Waals surface area contributed by atoms with Crippen molar-refractivity contribution >= 4 is 41.2 Å². The summed E-state index contributed by atoms with van der Waals surface area (Å²) in [4.78, 5) is 40.8. The van der Waals surface area contributed by atoms with Crippen LogP contribution in [-0.2, 0) is 9.59 Å². The minimum atomic E-state index is -0.622. The van der Waals surface area contributed by atoms with Gasteiger partial charge in [0.1, 0.15) is 17.5 Å². The van der Waals surface area contributed by atoms with Gasteiger partial charge < -0.3 is 15.5 Å². The molecule has 2 N–H and O–H groups in total. The summed E-state index contributed by atoms with van der Waals surface area (Å²) in [5.74, 6) is 0.309. The Morgan fingerprint density at radius 2 is 2.03 bits per heavy atom. The third-order valence-corrected chi connectivity index (χ3v) is 7.89.